The third-order valence-corrected chi connectivity index (χ3v) is 3.89. The van der Waals surface area contributed by atoms with Crippen molar-refractivity contribution in [3.63, 3.8) is 0 Å². The molecule has 0 radical (unpaired) electrons. The molecule has 1 N–H and O–H groups in total. The van der Waals surface area contributed by atoms with E-state index in [0.29, 0.717) is 5.69 Å². The van der Waals surface area contributed by atoms with Gasteiger partial charge in [0.1, 0.15) is 23.0 Å². The fraction of sp³-hybridized carbons (Fsp3) is 0.0500. The van der Waals surface area contributed by atoms with Gasteiger partial charge in [0.25, 0.3) is 11.8 Å². The number of pyridine rings is 1. The molecule has 0 aliphatic carbocycles. The average molecular weight is 367 g/mol. The van der Waals surface area contributed by atoms with Crippen molar-refractivity contribution in [1.82, 2.24) is 4.98 Å². The minimum atomic E-state index is -0.891. The van der Waals surface area contributed by atoms with Crippen molar-refractivity contribution in [3.8, 4) is 0 Å². The molecular formula is C20H15F2N3O2. The molecule has 0 unspecified atom stereocenters. The monoisotopic (exact) mass is 367 g/mol. The molecule has 0 saturated heterocycles. The van der Waals surface area contributed by atoms with E-state index in [1.165, 1.54) is 29.3 Å². The van der Waals surface area contributed by atoms with Gasteiger partial charge in [-0.25, -0.2) is 8.78 Å². The third-order valence-electron chi connectivity index (χ3n) is 3.89. The Bertz CT molecular complexity index is 973. The number of anilines is 2. The number of aromatic nitrogens is 1. The molecule has 0 bridgehead atoms. The SMILES string of the molecule is CN(C(=O)c1cc(C(=O)Nc2c(F)cccc2F)ccn1)c1ccccc1. The standard InChI is InChI=1S/C20H15F2N3O2/c1-25(14-6-3-2-4-7-14)20(27)17-12-13(10-11-23-17)19(26)24-18-15(21)8-5-9-16(18)22/h2-12H,1H3,(H,24,26). The molecule has 0 aliphatic rings. The van der Waals surface area contributed by atoms with Crippen LogP contribution in [-0.4, -0.2) is 23.8 Å². The predicted octanol–water partition coefficient (Wildman–Crippen LogP) is 3.89. The van der Waals surface area contributed by atoms with Gasteiger partial charge in [-0.3, -0.25) is 14.6 Å². The summed E-state index contributed by atoms with van der Waals surface area (Å²) in [5, 5.41) is 2.18. The Morgan fingerprint density at radius 1 is 0.963 bits per heavy atom. The Labute approximate surface area is 154 Å². The number of benzene rings is 2. The highest BCUT2D eigenvalue weighted by Crippen LogP contribution is 2.19. The molecule has 1 aromatic heterocycles. The first kappa shape index (κ1) is 18.2. The Hall–Kier alpha value is -3.61. The van der Waals surface area contributed by atoms with Gasteiger partial charge in [0.2, 0.25) is 0 Å². The van der Waals surface area contributed by atoms with Crippen LogP contribution < -0.4 is 10.2 Å². The van der Waals surface area contributed by atoms with Gasteiger partial charge in [-0.15, -0.1) is 0 Å². The van der Waals surface area contributed by atoms with Crippen LogP contribution in [0.2, 0.25) is 0 Å². The second kappa shape index (κ2) is 7.74. The molecular weight excluding hydrogens is 352 g/mol. The van der Waals surface area contributed by atoms with Gasteiger partial charge in [0.15, 0.2) is 0 Å². The normalized spacial score (nSPS) is 10.3. The summed E-state index contributed by atoms with van der Waals surface area (Å²) >= 11 is 0. The largest absolute Gasteiger partial charge is 0.317 e. The summed E-state index contributed by atoms with van der Waals surface area (Å²) in [5.74, 6) is -2.96. The fourth-order valence-corrected chi connectivity index (χ4v) is 2.43. The Morgan fingerprint density at radius 3 is 2.30 bits per heavy atom. The molecule has 2 aromatic carbocycles. The van der Waals surface area contributed by atoms with Crippen molar-refractivity contribution < 1.29 is 18.4 Å². The van der Waals surface area contributed by atoms with E-state index in [0.717, 1.165) is 12.1 Å². The van der Waals surface area contributed by atoms with Crippen molar-refractivity contribution >= 4 is 23.2 Å². The summed E-state index contributed by atoms with van der Waals surface area (Å²) in [4.78, 5) is 30.3. The Morgan fingerprint density at radius 2 is 1.63 bits per heavy atom. The molecule has 1 heterocycles. The number of nitrogens with one attached hydrogen (secondary N) is 1. The zero-order valence-corrected chi connectivity index (χ0v) is 14.3. The van der Waals surface area contributed by atoms with Gasteiger partial charge in [-0.2, -0.15) is 0 Å². The number of carbonyl (C=O) groups excluding carboxylic acids is 2. The van der Waals surface area contributed by atoms with Crippen LogP contribution in [0, 0.1) is 11.6 Å². The molecule has 5 nitrogen and oxygen atoms in total. The first-order chi connectivity index (χ1) is 13.0. The van der Waals surface area contributed by atoms with Gasteiger partial charge in [0, 0.05) is 24.5 Å². The van der Waals surface area contributed by atoms with Gasteiger partial charge in [-0.1, -0.05) is 24.3 Å². The number of nitrogens with zero attached hydrogens (tertiary/aromatic N) is 2. The van der Waals surface area contributed by atoms with Crippen LogP contribution in [0.5, 0.6) is 0 Å². The quantitative estimate of drug-likeness (QED) is 0.761. The molecule has 7 heteroatoms. The van der Waals surface area contributed by atoms with Crippen molar-refractivity contribution in [2.24, 2.45) is 0 Å². The van der Waals surface area contributed by atoms with Crippen LogP contribution in [0.15, 0.2) is 66.9 Å². The summed E-state index contributed by atoms with van der Waals surface area (Å²) in [6, 6.07) is 14.8. The van der Waals surface area contributed by atoms with E-state index in [2.05, 4.69) is 10.3 Å². The number of rotatable bonds is 4. The highest BCUT2D eigenvalue weighted by molar-refractivity contribution is 6.08. The van der Waals surface area contributed by atoms with E-state index in [-0.39, 0.29) is 11.3 Å². The smallest absolute Gasteiger partial charge is 0.276 e. The lowest BCUT2D eigenvalue weighted by Crippen LogP contribution is -2.27. The Kier molecular flexibility index (Phi) is 5.21. The van der Waals surface area contributed by atoms with Crippen LogP contribution in [0.3, 0.4) is 0 Å². The van der Waals surface area contributed by atoms with Gasteiger partial charge >= 0.3 is 0 Å². The van der Waals surface area contributed by atoms with Crippen molar-refractivity contribution in [3.05, 3.63) is 89.8 Å². The maximum atomic E-state index is 13.7. The second-order valence-electron chi connectivity index (χ2n) is 5.68. The van der Waals surface area contributed by atoms with Crippen molar-refractivity contribution in [2.75, 3.05) is 17.3 Å². The second-order valence-corrected chi connectivity index (χ2v) is 5.68. The van der Waals surface area contributed by atoms with Crippen molar-refractivity contribution in [2.45, 2.75) is 0 Å². The van der Waals surface area contributed by atoms with E-state index in [1.807, 2.05) is 6.07 Å². The number of halogens is 2. The highest BCUT2D eigenvalue weighted by Gasteiger charge is 2.18. The number of amides is 2. The van der Waals surface area contributed by atoms with Gasteiger partial charge < -0.3 is 10.2 Å². The van der Waals surface area contributed by atoms with Crippen molar-refractivity contribution in [1.29, 1.82) is 0 Å². The first-order valence-electron chi connectivity index (χ1n) is 8.02. The number of hydrogen-bond acceptors (Lipinski definition) is 3. The minimum Gasteiger partial charge on any atom is -0.317 e. The third kappa shape index (κ3) is 3.98. The zero-order chi connectivity index (χ0) is 19.4. The summed E-state index contributed by atoms with van der Waals surface area (Å²) in [6.45, 7) is 0. The van der Waals surface area contributed by atoms with E-state index in [9.17, 15) is 18.4 Å². The lowest BCUT2D eigenvalue weighted by atomic mass is 10.2. The molecule has 27 heavy (non-hydrogen) atoms. The Balaban J connectivity index is 1.83. The van der Waals surface area contributed by atoms with Crippen LogP contribution in [0.25, 0.3) is 0 Å². The molecule has 136 valence electrons. The predicted molar refractivity (Wildman–Crippen MR) is 97.7 cm³/mol. The zero-order valence-electron chi connectivity index (χ0n) is 14.3. The molecule has 3 aromatic rings. The molecule has 0 spiro atoms. The minimum absolute atomic E-state index is 0.0306. The van der Waals surface area contributed by atoms with Crippen LogP contribution >= 0.6 is 0 Å². The molecule has 0 fully saturated rings. The van der Waals surface area contributed by atoms with E-state index in [1.54, 1.807) is 31.3 Å². The average Bonchev–Trinajstić information content (AvgIpc) is 2.70. The van der Waals surface area contributed by atoms with Crippen LogP contribution in [0.1, 0.15) is 20.8 Å². The van der Waals surface area contributed by atoms with E-state index >= 15 is 0 Å². The summed E-state index contributed by atoms with van der Waals surface area (Å²) in [5.41, 5.74) is 0.196. The van der Waals surface area contributed by atoms with Gasteiger partial charge in [-0.05, 0) is 36.4 Å². The number of para-hydroxylation sites is 2. The van der Waals surface area contributed by atoms with Gasteiger partial charge in [0.05, 0.1) is 0 Å². The van der Waals surface area contributed by atoms with E-state index < -0.39 is 29.1 Å². The van der Waals surface area contributed by atoms with Crippen LogP contribution in [0.4, 0.5) is 20.2 Å². The highest BCUT2D eigenvalue weighted by atomic mass is 19.1. The van der Waals surface area contributed by atoms with E-state index in [4.69, 9.17) is 0 Å². The maximum absolute atomic E-state index is 13.7. The first-order valence-corrected chi connectivity index (χ1v) is 8.02. The van der Waals surface area contributed by atoms with Crippen LogP contribution in [-0.2, 0) is 0 Å². The summed E-state index contributed by atoms with van der Waals surface area (Å²) in [7, 11) is 1.58. The number of carbonyl (C=O) groups is 2. The number of hydrogen-bond donors (Lipinski definition) is 1. The lowest BCUT2D eigenvalue weighted by Gasteiger charge is -2.17. The molecule has 2 amide bonds. The molecule has 3 rings (SSSR count). The summed E-state index contributed by atoms with van der Waals surface area (Å²) in [6.07, 6.45) is 1.29. The molecule has 0 saturated carbocycles. The fourth-order valence-electron chi connectivity index (χ4n) is 2.43. The maximum Gasteiger partial charge on any atom is 0.276 e. The summed E-state index contributed by atoms with van der Waals surface area (Å²) < 4.78 is 27.4. The molecule has 0 atom stereocenters. The lowest BCUT2D eigenvalue weighted by molar-refractivity contribution is 0.0988. The molecule has 0 aliphatic heterocycles. The topological polar surface area (TPSA) is 62.3 Å².